The first-order chi connectivity index (χ1) is 15.7. The van der Waals surface area contributed by atoms with Crippen LogP contribution in [0.2, 0.25) is 0 Å². The molecule has 3 fully saturated rings. The van der Waals surface area contributed by atoms with Gasteiger partial charge in [-0.15, -0.1) is 0 Å². The van der Waals surface area contributed by atoms with Crippen LogP contribution in [0.5, 0.6) is 5.75 Å². The summed E-state index contributed by atoms with van der Waals surface area (Å²) in [7, 11) is 0. The molecule has 2 unspecified atom stereocenters. The first-order valence-corrected chi connectivity index (χ1v) is 11.8. The number of likely N-dealkylation sites (tertiary alicyclic amines) is 1. The van der Waals surface area contributed by atoms with Gasteiger partial charge in [0.25, 0.3) is 0 Å². The molecule has 9 heteroatoms. The fraction of sp³-hybridized carbons (Fsp3) is 0.652. The minimum absolute atomic E-state index is 0.0421. The molecule has 0 bridgehead atoms. The van der Waals surface area contributed by atoms with E-state index >= 15 is 0 Å². The number of morpholine rings is 1. The standard InChI is InChI=1S/C23H35N5O4/c29-22(16-20-25-21(17-23(30)26-20)28-11-13-31-14-12-28)24-18-6-2-3-7-19(18)32-15-10-27-8-4-1-5-9-27/h2-3,6-7,20-21,25H,1,4-5,8-17H2,(H,24,29)(H,26,30). The molecule has 0 aliphatic carbocycles. The van der Waals surface area contributed by atoms with E-state index in [4.69, 9.17) is 9.47 Å². The van der Waals surface area contributed by atoms with Crippen LogP contribution in [0.3, 0.4) is 0 Å². The van der Waals surface area contributed by atoms with E-state index in [1.807, 2.05) is 24.3 Å². The van der Waals surface area contributed by atoms with Crippen LogP contribution < -0.4 is 20.7 Å². The number of nitrogens with zero attached hydrogens (tertiary/aromatic N) is 2. The fourth-order valence-corrected chi connectivity index (χ4v) is 4.55. The summed E-state index contributed by atoms with van der Waals surface area (Å²) in [4.78, 5) is 29.6. The van der Waals surface area contributed by atoms with Crippen LogP contribution in [0.25, 0.3) is 0 Å². The van der Waals surface area contributed by atoms with Crippen LogP contribution in [0.15, 0.2) is 24.3 Å². The Hall–Kier alpha value is -2.20. The molecule has 3 heterocycles. The van der Waals surface area contributed by atoms with E-state index < -0.39 is 6.17 Å². The van der Waals surface area contributed by atoms with Crippen molar-refractivity contribution in [3.63, 3.8) is 0 Å². The van der Waals surface area contributed by atoms with Crippen molar-refractivity contribution in [1.29, 1.82) is 0 Å². The number of hydrogen-bond acceptors (Lipinski definition) is 7. The van der Waals surface area contributed by atoms with Crippen LogP contribution in [0, 0.1) is 0 Å². The minimum atomic E-state index is -0.406. The Morgan fingerprint density at radius 1 is 1.12 bits per heavy atom. The number of benzene rings is 1. The highest BCUT2D eigenvalue weighted by atomic mass is 16.5. The maximum atomic E-state index is 12.7. The zero-order chi connectivity index (χ0) is 22.2. The second-order valence-electron chi connectivity index (χ2n) is 8.65. The van der Waals surface area contributed by atoms with E-state index in [1.54, 1.807) is 0 Å². The predicted octanol–water partition coefficient (Wildman–Crippen LogP) is 0.974. The summed E-state index contributed by atoms with van der Waals surface area (Å²) in [6, 6.07) is 7.50. The van der Waals surface area contributed by atoms with Gasteiger partial charge < -0.3 is 20.1 Å². The molecule has 1 aromatic rings. The summed E-state index contributed by atoms with van der Waals surface area (Å²) in [5, 5.41) is 9.23. The Labute approximate surface area is 189 Å². The van der Waals surface area contributed by atoms with Gasteiger partial charge in [0, 0.05) is 19.6 Å². The molecular weight excluding hydrogens is 410 g/mol. The SMILES string of the molecule is O=C(CC1NC(=O)CC(N2CCOCC2)N1)Nc1ccccc1OCCN1CCCCC1. The van der Waals surface area contributed by atoms with Crippen molar-refractivity contribution in [1.82, 2.24) is 20.4 Å². The predicted molar refractivity (Wildman–Crippen MR) is 121 cm³/mol. The summed E-state index contributed by atoms with van der Waals surface area (Å²) >= 11 is 0. The van der Waals surface area contributed by atoms with Crippen molar-refractivity contribution in [2.75, 3.05) is 57.9 Å². The van der Waals surface area contributed by atoms with Crippen molar-refractivity contribution in [3.8, 4) is 5.75 Å². The van der Waals surface area contributed by atoms with Gasteiger partial charge in [0.15, 0.2) is 0 Å². The van der Waals surface area contributed by atoms with Gasteiger partial charge in [-0.25, -0.2) is 0 Å². The first-order valence-electron chi connectivity index (χ1n) is 11.8. The van der Waals surface area contributed by atoms with Gasteiger partial charge in [0.05, 0.1) is 44.1 Å². The third kappa shape index (κ3) is 6.65. The number of carbonyl (C=O) groups is 2. The summed E-state index contributed by atoms with van der Waals surface area (Å²) in [5.74, 6) is 0.460. The molecule has 3 N–H and O–H groups in total. The molecule has 3 saturated heterocycles. The first kappa shape index (κ1) is 23.0. The van der Waals surface area contributed by atoms with E-state index in [1.165, 1.54) is 19.3 Å². The number of nitrogens with one attached hydrogen (secondary N) is 3. The van der Waals surface area contributed by atoms with Gasteiger partial charge in [-0.3, -0.25) is 24.7 Å². The lowest BCUT2D eigenvalue weighted by molar-refractivity contribution is -0.128. The van der Waals surface area contributed by atoms with Gasteiger partial charge in [-0.1, -0.05) is 18.6 Å². The molecule has 0 aromatic heterocycles. The second kappa shape index (κ2) is 11.6. The van der Waals surface area contributed by atoms with Gasteiger partial charge in [0.2, 0.25) is 11.8 Å². The lowest BCUT2D eigenvalue weighted by Crippen LogP contribution is -2.63. The maximum absolute atomic E-state index is 12.7. The number of amides is 2. The third-order valence-corrected chi connectivity index (χ3v) is 6.26. The monoisotopic (exact) mass is 445 g/mol. The lowest BCUT2D eigenvalue weighted by atomic mass is 10.1. The number of rotatable bonds is 8. The molecule has 3 aliphatic rings. The summed E-state index contributed by atoms with van der Waals surface area (Å²) < 4.78 is 11.4. The number of anilines is 1. The van der Waals surface area contributed by atoms with Crippen molar-refractivity contribution in [2.45, 2.75) is 44.4 Å². The maximum Gasteiger partial charge on any atom is 0.227 e. The van der Waals surface area contributed by atoms with Crippen LogP contribution in [0.1, 0.15) is 32.1 Å². The number of ether oxygens (including phenoxy) is 2. The van der Waals surface area contributed by atoms with Crippen LogP contribution >= 0.6 is 0 Å². The van der Waals surface area contributed by atoms with Gasteiger partial charge in [-0.05, 0) is 38.1 Å². The van der Waals surface area contributed by atoms with Crippen LogP contribution in [0.4, 0.5) is 5.69 Å². The topological polar surface area (TPSA) is 95.2 Å². The Morgan fingerprint density at radius 3 is 2.72 bits per heavy atom. The largest absolute Gasteiger partial charge is 0.490 e. The summed E-state index contributed by atoms with van der Waals surface area (Å²) in [6.07, 6.45) is 3.87. The van der Waals surface area contributed by atoms with Crippen LogP contribution in [-0.4, -0.2) is 86.5 Å². The zero-order valence-electron chi connectivity index (χ0n) is 18.7. The Balaban J connectivity index is 1.27. The summed E-state index contributed by atoms with van der Waals surface area (Å²) in [5.41, 5.74) is 0.656. The summed E-state index contributed by atoms with van der Waals surface area (Å²) in [6.45, 7) is 6.65. The van der Waals surface area contributed by atoms with Crippen LogP contribution in [-0.2, 0) is 14.3 Å². The smallest absolute Gasteiger partial charge is 0.227 e. The molecule has 0 radical (unpaired) electrons. The van der Waals surface area contributed by atoms with E-state index in [9.17, 15) is 9.59 Å². The zero-order valence-corrected chi connectivity index (χ0v) is 18.7. The van der Waals surface area contributed by atoms with Crippen molar-refractivity contribution >= 4 is 17.5 Å². The molecular formula is C23H35N5O4. The van der Waals surface area contributed by atoms with E-state index in [0.29, 0.717) is 37.7 Å². The Bertz CT molecular complexity index is 765. The quantitative estimate of drug-likeness (QED) is 0.549. The average Bonchev–Trinajstić information content (AvgIpc) is 2.81. The molecule has 2 atom stereocenters. The molecule has 0 spiro atoms. The van der Waals surface area contributed by atoms with Gasteiger partial charge >= 0.3 is 0 Å². The lowest BCUT2D eigenvalue weighted by Gasteiger charge is -2.40. The highest BCUT2D eigenvalue weighted by molar-refractivity contribution is 5.93. The highest BCUT2D eigenvalue weighted by Crippen LogP contribution is 2.24. The number of hydrogen-bond donors (Lipinski definition) is 3. The molecule has 3 aliphatic heterocycles. The normalized spacial score (nSPS) is 25.2. The fourth-order valence-electron chi connectivity index (χ4n) is 4.55. The van der Waals surface area contributed by atoms with Gasteiger partial charge in [0.1, 0.15) is 12.4 Å². The highest BCUT2D eigenvalue weighted by Gasteiger charge is 2.31. The number of para-hydroxylation sites is 2. The number of piperidine rings is 1. The van der Waals surface area contributed by atoms with Crippen molar-refractivity contribution in [2.24, 2.45) is 0 Å². The third-order valence-electron chi connectivity index (χ3n) is 6.26. The van der Waals surface area contributed by atoms with E-state index in [2.05, 4.69) is 25.8 Å². The molecule has 0 saturated carbocycles. The second-order valence-corrected chi connectivity index (χ2v) is 8.65. The minimum Gasteiger partial charge on any atom is -0.490 e. The van der Waals surface area contributed by atoms with Crippen molar-refractivity contribution < 1.29 is 19.1 Å². The van der Waals surface area contributed by atoms with Gasteiger partial charge in [-0.2, -0.15) is 0 Å². The molecule has 176 valence electrons. The molecule has 1 aromatic carbocycles. The number of carbonyl (C=O) groups excluding carboxylic acids is 2. The molecule has 9 nitrogen and oxygen atoms in total. The average molecular weight is 446 g/mol. The Morgan fingerprint density at radius 2 is 1.91 bits per heavy atom. The molecule has 2 amide bonds. The van der Waals surface area contributed by atoms with E-state index in [-0.39, 0.29) is 24.4 Å². The Kier molecular flexibility index (Phi) is 8.33. The molecule has 32 heavy (non-hydrogen) atoms. The van der Waals surface area contributed by atoms with Crippen molar-refractivity contribution in [3.05, 3.63) is 24.3 Å². The molecule has 4 rings (SSSR count). The van der Waals surface area contributed by atoms with E-state index in [0.717, 1.165) is 32.7 Å².